The molecule has 1 unspecified atom stereocenters. The Kier molecular flexibility index (Phi) is 5.08. The minimum atomic E-state index is -0.789. The van der Waals surface area contributed by atoms with Crippen molar-refractivity contribution in [3.63, 3.8) is 0 Å². The van der Waals surface area contributed by atoms with Crippen LogP contribution in [0.25, 0.3) is 11.1 Å². The fraction of sp³-hybridized carbons (Fsp3) is 0.267. The zero-order valence-electron chi connectivity index (χ0n) is 11.5. The zero-order valence-corrected chi connectivity index (χ0v) is 11.5. The number of aliphatic hydroxyl groups excluding tert-OH is 1. The molecular formula is C15H16FNO4. The van der Waals surface area contributed by atoms with Crippen LogP contribution in [0.2, 0.25) is 0 Å². The smallest absolute Gasteiger partial charge is 0.287 e. The number of hydrogen-bond acceptors (Lipinski definition) is 4. The fourth-order valence-electron chi connectivity index (χ4n) is 1.88. The third-order valence-electron chi connectivity index (χ3n) is 2.88. The molecule has 2 rings (SSSR count). The Morgan fingerprint density at radius 3 is 2.76 bits per heavy atom. The van der Waals surface area contributed by atoms with Gasteiger partial charge in [-0.2, -0.15) is 0 Å². The van der Waals surface area contributed by atoms with Crippen LogP contribution in [0.3, 0.4) is 0 Å². The molecule has 1 heterocycles. The number of nitrogens with one attached hydrogen (secondary N) is 1. The summed E-state index contributed by atoms with van der Waals surface area (Å²) in [6.07, 6.45) is 0.599. The lowest BCUT2D eigenvalue weighted by atomic mass is 10.1. The number of ether oxygens (including phenoxy) is 1. The highest BCUT2D eigenvalue weighted by molar-refractivity contribution is 5.98. The maximum atomic E-state index is 12.9. The molecule has 0 aliphatic carbocycles. The van der Waals surface area contributed by atoms with Crippen molar-refractivity contribution in [2.24, 2.45) is 0 Å². The van der Waals surface area contributed by atoms with E-state index < -0.39 is 12.0 Å². The van der Waals surface area contributed by atoms with Gasteiger partial charge in [-0.15, -0.1) is 0 Å². The van der Waals surface area contributed by atoms with E-state index in [1.54, 1.807) is 18.2 Å². The van der Waals surface area contributed by atoms with Gasteiger partial charge in [-0.3, -0.25) is 4.79 Å². The zero-order chi connectivity index (χ0) is 15.2. The van der Waals surface area contributed by atoms with Gasteiger partial charge in [0.2, 0.25) is 0 Å². The largest absolute Gasteiger partial charge is 0.459 e. The highest BCUT2D eigenvalue weighted by Crippen LogP contribution is 2.25. The SMILES string of the molecule is COCC(O)CNC(=O)c1occc1-c1ccc(F)cc1. The highest BCUT2D eigenvalue weighted by Gasteiger charge is 2.17. The molecule has 0 fully saturated rings. The molecule has 0 aliphatic rings. The Labute approximate surface area is 121 Å². The van der Waals surface area contributed by atoms with Crippen molar-refractivity contribution in [2.75, 3.05) is 20.3 Å². The molecule has 1 atom stereocenters. The third-order valence-corrected chi connectivity index (χ3v) is 2.88. The quantitative estimate of drug-likeness (QED) is 0.852. The maximum absolute atomic E-state index is 12.9. The molecule has 112 valence electrons. The van der Waals surface area contributed by atoms with Gasteiger partial charge in [0.1, 0.15) is 5.82 Å². The monoisotopic (exact) mass is 293 g/mol. The average Bonchev–Trinajstić information content (AvgIpc) is 2.95. The molecular weight excluding hydrogens is 277 g/mol. The number of benzene rings is 1. The van der Waals surface area contributed by atoms with Crippen LogP contribution in [0.5, 0.6) is 0 Å². The first-order chi connectivity index (χ1) is 10.1. The first-order valence-electron chi connectivity index (χ1n) is 6.40. The second-order valence-electron chi connectivity index (χ2n) is 4.49. The summed E-state index contributed by atoms with van der Waals surface area (Å²) in [6, 6.07) is 7.39. The van der Waals surface area contributed by atoms with Gasteiger partial charge in [0.15, 0.2) is 5.76 Å². The van der Waals surface area contributed by atoms with Crippen LogP contribution in [0.4, 0.5) is 4.39 Å². The summed E-state index contributed by atoms with van der Waals surface area (Å²) in [5.74, 6) is -0.684. The van der Waals surface area contributed by atoms with E-state index in [2.05, 4.69) is 5.32 Å². The summed E-state index contributed by atoms with van der Waals surface area (Å²) in [5.41, 5.74) is 1.24. The van der Waals surface area contributed by atoms with E-state index in [1.807, 2.05) is 0 Å². The molecule has 0 radical (unpaired) electrons. The van der Waals surface area contributed by atoms with Crippen molar-refractivity contribution in [1.29, 1.82) is 0 Å². The molecule has 2 N–H and O–H groups in total. The number of amides is 1. The van der Waals surface area contributed by atoms with Gasteiger partial charge in [0.05, 0.1) is 19.0 Å². The van der Waals surface area contributed by atoms with E-state index in [-0.39, 0.29) is 24.7 Å². The molecule has 5 nitrogen and oxygen atoms in total. The summed E-state index contributed by atoms with van der Waals surface area (Å²) in [7, 11) is 1.46. The Morgan fingerprint density at radius 1 is 1.38 bits per heavy atom. The van der Waals surface area contributed by atoms with Crippen molar-refractivity contribution in [3.05, 3.63) is 48.2 Å². The van der Waals surface area contributed by atoms with Crippen molar-refractivity contribution < 1.29 is 23.4 Å². The van der Waals surface area contributed by atoms with Crippen LogP contribution in [0.1, 0.15) is 10.6 Å². The van der Waals surface area contributed by atoms with Gasteiger partial charge in [-0.05, 0) is 23.8 Å². The Hall–Kier alpha value is -2.18. The van der Waals surface area contributed by atoms with E-state index in [4.69, 9.17) is 9.15 Å². The number of hydrogen-bond donors (Lipinski definition) is 2. The minimum absolute atomic E-state index is 0.0518. The van der Waals surface area contributed by atoms with Crippen LogP contribution >= 0.6 is 0 Å². The van der Waals surface area contributed by atoms with Crippen molar-refractivity contribution in [1.82, 2.24) is 5.32 Å². The molecule has 1 aromatic heterocycles. The van der Waals surface area contributed by atoms with E-state index in [0.717, 1.165) is 0 Å². The average molecular weight is 293 g/mol. The first kappa shape index (κ1) is 15.2. The van der Waals surface area contributed by atoms with E-state index in [0.29, 0.717) is 11.1 Å². The predicted octanol–water partition coefficient (Wildman–Crippen LogP) is 1.82. The van der Waals surface area contributed by atoms with E-state index in [9.17, 15) is 14.3 Å². The van der Waals surface area contributed by atoms with Crippen LogP contribution < -0.4 is 5.32 Å². The highest BCUT2D eigenvalue weighted by atomic mass is 19.1. The number of carbonyl (C=O) groups is 1. The van der Waals surface area contributed by atoms with Crippen LogP contribution in [0.15, 0.2) is 41.0 Å². The molecule has 0 aliphatic heterocycles. The number of halogens is 1. The van der Waals surface area contributed by atoms with Gasteiger partial charge in [-0.1, -0.05) is 12.1 Å². The van der Waals surface area contributed by atoms with Gasteiger partial charge < -0.3 is 19.6 Å². The number of furan rings is 1. The number of aliphatic hydroxyl groups is 1. The molecule has 6 heteroatoms. The van der Waals surface area contributed by atoms with Crippen molar-refractivity contribution in [2.45, 2.75) is 6.10 Å². The topological polar surface area (TPSA) is 71.7 Å². The predicted molar refractivity (Wildman–Crippen MR) is 74.3 cm³/mol. The minimum Gasteiger partial charge on any atom is -0.459 e. The fourth-order valence-corrected chi connectivity index (χ4v) is 1.88. The van der Waals surface area contributed by atoms with Gasteiger partial charge in [0.25, 0.3) is 5.91 Å². The number of rotatable bonds is 6. The molecule has 21 heavy (non-hydrogen) atoms. The summed E-state index contributed by atoms with van der Waals surface area (Å²) in [5, 5.41) is 12.1. The first-order valence-corrected chi connectivity index (χ1v) is 6.40. The lowest BCUT2D eigenvalue weighted by molar-refractivity contribution is 0.0603. The Balaban J connectivity index is 2.09. The molecule has 1 amide bonds. The lowest BCUT2D eigenvalue weighted by Gasteiger charge is -2.10. The van der Waals surface area contributed by atoms with Crippen molar-refractivity contribution in [3.8, 4) is 11.1 Å². The van der Waals surface area contributed by atoms with Crippen LogP contribution in [-0.2, 0) is 4.74 Å². The molecule has 0 saturated carbocycles. The summed E-state index contributed by atoms with van der Waals surface area (Å²) >= 11 is 0. The Morgan fingerprint density at radius 2 is 2.10 bits per heavy atom. The van der Waals surface area contributed by atoms with E-state index in [1.165, 1.54) is 25.5 Å². The van der Waals surface area contributed by atoms with Crippen molar-refractivity contribution >= 4 is 5.91 Å². The second kappa shape index (κ2) is 7.01. The van der Waals surface area contributed by atoms with Crippen LogP contribution in [-0.4, -0.2) is 37.4 Å². The molecule has 2 aromatic rings. The van der Waals surface area contributed by atoms with Gasteiger partial charge in [0, 0.05) is 19.2 Å². The molecule has 1 aromatic carbocycles. The summed E-state index contributed by atoms with van der Waals surface area (Å²) < 4.78 is 22.9. The lowest BCUT2D eigenvalue weighted by Crippen LogP contribution is -2.34. The van der Waals surface area contributed by atoms with Crippen LogP contribution in [0, 0.1) is 5.82 Å². The van der Waals surface area contributed by atoms with Gasteiger partial charge in [-0.25, -0.2) is 4.39 Å². The second-order valence-corrected chi connectivity index (χ2v) is 4.49. The number of carbonyl (C=O) groups excluding carboxylic acids is 1. The maximum Gasteiger partial charge on any atom is 0.287 e. The molecule has 0 bridgehead atoms. The van der Waals surface area contributed by atoms with Gasteiger partial charge >= 0.3 is 0 Å². The number of methoxy groups -OCH3 is 1. The normalized spacial score (nSPS) is 12.1. The summed E-state index contributed by atoms with van der Waals surface area (Å²) in [4.78, 5) is 12.0. The molecule has 0 spiro atoms. The Bertz CT molecular complexity index is 594. The summed E-state index contributed by atoms with van der Waals surface area (Å²) in [6.45, 7) is 0.180. The standard InChI is InChI=1S/C15H16FNO4/c1-20-9-12(18)8-17-15(19)14-13(6-7-21-14)10-2-4-11(16)5-3-10/h2-7,12,18H,8-9H2,1H3,(H,17,19). The molecule has 0 saturated heterocycles. The third kappa shape index (κ3) is 3.90. The van der Waals surface area contributed by atoms with E-state index >= 15 is 0 Å².